The number of methoxy groups -OCH3 is 1. The van der Waals surface area contributed by atoms with E-state index in [1.165, 1.54) is 25.3 Å². The van der Waals surface area contributed by atoms with Crippen molar-refractivity contribution in [1.29, 1.82) is 0 Å². The van der Waals surface area contributed by atoms with E-state index in [-0.39, 0.29) is 29.5 Å². The topological polar surface area (TPSA) is 124 Å². The van der Waals surface area contributed by atoms with Gasteiger partial charge in [0.2, 0.25) is 5.76 Å². The van der Waals surface area contributed by atoms with Crippen LogP contribution >= 0.6 is 0 Å². The molecule has 1 aliphatic rings. The van der Waals surface area contributed by atoms with Gasteiger partial charge in [-0.05, 0) is 61.9 Å². The summed E-state index contributed by atoms with van der Waals surface area (Å²) < 4.78 is 21.1. The second kappa shape index (κ2) is 10.8. The van der Waals surface area contributed by atoms with E-state index in [0.29, 0.717) is 23.5 Å². The van der Waals surface area contributed by atoms with Crippen LogP contribution in [0.2, 0.25) is 0 Å². The summed E-state index contributed by atoms with van der Waals surface area (Å²) in [7, 11) is 1.22. The lowest BCUT2D eigenvalue weighted by Crippen LogP contribution is -2.30. The Morgan fingerprint density at radius 3 is 2.57 bits per heavy atom. The summed E-state index contributed by atoms with van der Waals surface area (Å²) in [6, 6.07) is 14.1. The van der Waals surface area contributed by atoms with Crippen molar-refractivity contribution < 1.29 is 37.8 Å². The second-order valence-electron chi connectivity index (χ2n) is 8.04. The van der Waals surface area contributed by atoms with E-state index in [1.54, 1.807) is 43.3 Å². The zero-order valence-electron chi connectivity index (χ0n) is 20.4. The maximum absolute atomic E-state index is 12.9. The molecule has 0 atom stereocenters. The highest BCUT2D eigenvalue weighted by atomic mass is 16.6. The van der Waals surface area contributed by atoms with Gasteiger partial charge in [0.25, 0.3) is 5.91 Å². The number of benzene rings is 2. The number of carbonyl (C=O) groups is 4. The number of hydrogen-bond donors (Lipinski definition) is 1. The van der Waals surface area contributed by atoms with Crippen molar-refractivity contribution in [2.24, 2.45) is 0 Å². The van der Waals surface area contributed by atoms with E-state index in [0.717, 1.165) is 10.5 Å². The van der Waals surface area contributed by atoms with Crippen LogP contribution in [0.4, 0.5) is 4.79 Å². The molecule has 10 nitrogen and oxygen atoms in total. The average molecular weight is 504 g/mol. The minimum Gasteiger partial charge on any atom is -0.490 e. The third-order valence-corrected chi connectivity index (χ3v) is 5.36. The quantitative estimate of drug-likeness (QED) is 0.211. The van der Waals surface area contributed by atoms with Gasteiger partial charge in [-0.3, -0.25) is 9.69 Å². The highest BCUT2D eigenvalue weighted by Gasteiger charge is 2.34. The molecule has 1 saturated heterocycles. The Hall–Kier alpha value is -4.86. The van der Waals surface area contributed by atoms with Crippen molar-refractivity contribution in [3.05, 3.63) is 88.5 Å². The predicted octanol–water partition coefficient (Wildman–Crippen LogP) is 4.09. The number of aryl methyl sites for hydroxylation is 1. The molecule has 0 saturated carbocycles. The van der Waals surface area contributed by atoms with Crippen molar-refractivity contribution in [3.63, 3.8) is 0 Å². The van der Waals surface area contributed by atoms with Crippen molar-refractivity contribution in [1.82, 2.24) is 10.2 Å². The standard InChI is InChI=1S/C27H24N2O8/c1-4-35-23-14-17(8-10-21(23)37-25(31)18-7-5-6-16(2)12-18)13-20-24(30)29(27(33)28-20)15-19-9-11-22(36-19)26(32)34-3/h5-14H,4,15H2,1-3H3,(H,28,33)/b20-13-. The van der Waals surface area contributed by atoms with Crippen LogP contribution in [0.15, 0.2) is 64.7 Å². The summed E-state index contributed by atoms with van der Waals surface area (Å²) in [6.45, 7) is 3.81. The molecule has 2 aromatic carbocycles. The number of nitrogens with zero attached hydrogens (tertiary/aromatic N) is 1. The number of furan rings is 1. The Bertz CT molecular complexity index is 1400. The molecule has 4 rings (SSSR count). The number of esters is 2. The maximum Gasteiger partial charge on any atom is 0.373 e. The number of amides is 3. The SMILES string of the molecule is CCOc1cc(/C=C2\NC(=O)N(Cc3ccc(C(=O)OC)o3)C2=O)ccc1OC(=O)c1cccc(C)c1. The molecule has 0 radical (unpaired) electrons. The molecule has 0 unspecified atom stereocenters. The fourth-order valence-electron chi connectivity index (χ4n) is 3.61. The van der Waals surface area contributed by atoms with Gasteiger partial charge < -0.3 is 23.9 Å². The number of rotatable bonds is 8. The molecule has 0 aliphatic carbocycles. The molecule has 2 heterocycles. The molecular formula is C27H24N2O8. The molecule has 0 spiro atoms. The molecule has 10 heteroatoms. The third kappa shape index (κ3) is 5.69. The van der Waals surface area contributed by atoms with E-state index >= 15 is 0 Å². The van der Waals surface area contributed by atoms with Gasteiger partial charge in [-0.25, -0.2) is 14.4 Å². The van der Waals surface area contributed by atoms with Gasteiger partial charge in [-0.1, -0.05) is 23.8 Å². The summed E-state index contributed by atoms with van der Waals surface area (Å²) in [4.78, 5) is 50.4. The van der Waals surface area contributed by atoms with E-state index < -0.39 is 23.9 Å². The Morgan fingerprint density at radius 2 is 1.84 bits per heavy atom. The first-order chi connectivity index (χ1) is 17.8. The molecule has 3 aromatic rings. The minimum atomic E-state index is -0.665. The fourth-order valence-corrected chi connectivity index (χ4v) is 3.61. The van der Waals surface area contributed by atoms with Gasteiger partial charge in [0.05, 0.1) is 25.8 Å². The fraction of sp³-hybridized carbons (Fsp3) is 0.185. The van der Waals surface area contributed by atoms with Crippen LogP contribution in [-0.2, 0) is 16.1 Å². The Kier molecular flexibility index (Phi) is 7.38. The molecule has 1 aromatic heterocycles. The van der Waals surface area contributed by atoms with Crippen molar-refractivity contribution in [2.45, 2.75) is 20.4 Å². The zero-order chi connectivity index (χ0) is 26.5. The number of carbonyl (C=O) groups excluding carboxylic acids is 4. The van der Waals surface area contributed by atoms with E-state index in [9.17, 15) is 19.2 Å². The summed E-state index contributed by atoms with van der Waals surface area (Å²) in [6.07, 6.45) is 1.48. The van der Waals surface area contributed by atoms with Crippen molar-refractivity contribution in [3.8, 4) is 11.5 Å². The maximum atomic E-state index is 12.9. The van der Waals surface area contributed by atoms with Gasteiger partial charge in [0, 0.05) is 0 Å². The number of nitrogens with one attached hydrogen (secondary N) is 1. The van der Waals surface area contributed by atoms with Gasteiger partial charge in [-0.15, -0.1) is 0 Å². The normalized spacial score (nSPS) is 14.0. The molecule has 190 valence electrons. The summed E-state index contributed by atoms with van der Waals surface area (Å²) in [5.74, 6) is -1.04. The molecule has 1 N–H and O–H groups in total. The van der Waals surface area contributed by atoms with Crippen molar-refractivity contribution >= 4 is 30.0 Å². The molecule has 37 heavy (non-hydrogen) atoms. The largest absolute Gasteiger partial charge is 0.490 e. The van der Waals surface area contributed by atoms with E-state index in [4.69, 9.17) is 13.9 Å². The van der Waals surface area contributed by atoms with Crippen LogP contribution in [0.25, 0.3) is 6.08 Å². The van der Waals surface area contributed by atoms with Crippen LogP contribution in [0.1, 0.15) is 44.7 Å². The first kappa shape index (κ1) is 25.2. The third-order valence-electron chi connectivity index (χ3n) is 5.36. The zero-order valence-corrected chi connectivity index (χ0v) is 20.4. The lowest BCUT2D eigenvalue weighted by Gasteiger charge is -2.12. The lowest BCUT2D eigenvalue weighted by molar-refractivity contribution is -0.123. The van der Waals surface area contributed by atoms with Gasteiger partial charge >= 0.3 is 18.0 Å². The van der Waals surface area contributed by atoms with Crippen LogP contribution in [0, 0.1) is 6.92 Å². The van der Waals surface area contributed by atoms with Crippen LogP contribution in [-0.4, -0.2) is 42.5 Å². The van der Waals surface area contributed by atoms with Gasteiger partial charge in [-0.2, -0.15) is 0 Å². The molecule has 0 bridgehead atoms. The molecule has 3 amide bonds. The van der Waals surface area contributed by atoms with Gasteiger partial charge in [0.1, 0.15) is 11.5 Å². The molecular weight excluding hydrogens is 480 g/mol. The number of imide groups is 1. The summed E-state index contributed by atoms with van der Waals surface area (Å²) >= 11 is 0. The number of hydrogen-bond acceptors (Lipinski definition) is 8. The highest BCUT2D eigenvalue weighted by Crippen LogP contribution is 2.31. The number of ether oxygens (including phenoxy) is 3. The summed E-state index contributed by atoms with van der Waals surface area (Å²) in [5.41, 5.74) is 1.91. The van der Waals surface area contributed by atoms with E-state index in [2.05, 4.69) is 10.1 Å². The van der Waals surface area contributed by atoms with E-state index in [1.807, 2.05) is 13.0 Å². The summed E-state index contributed by atoms with van der Waals surface area (Å²) in [5, 5.41) is 2.53. The van der Waals surface area contributed by atoms with Crippen LogP contribution in [0.5, 0.6) is 11.5 Å². The molecule has 1 fully saturated rings. The smallest absolute Gasteiger partial charge is 0.373 e. The van der Waals surface area contributed by atoms with Crippen LogP contribution in [0.3, 0.4) is 0 Å². The van der Waals surface area contributed by atoms with Crippen molar-refractivity contribution in [2.75, 3.05) is 13.7 Å². The Morgan fingerprint density at radius 1 is 1.03 bits per heavy atom. The van der Waals surface area contributed by atoms with Crippen LogP contribution < -0.4 is 14.8 Å². The highest BCUT2D eigenvalue weighted by molar-refractivity contribution is 6.13. The lowest BCUT2D eigenvalue weighted by atomic mass is 10.1. The predicted molar refractivity (Wildman–Crippen MR) is 131 cm³/mol. The number of urea groups is 1. The Labute approximate surface area is 212 Å². The monoisotopic (exact) mass is 504 g/mol. The Balaban J connectivity index is 1.51. The first-order valence-electron chi connectivity index (χ1n) is 11.4. The second-order valence-corrected chi connectivity index (χ2v) is 8.04. The molecule has 1 aliphatic heterocycles. The average Bonchev–Trinajstić information content (AvgIpc) is 3.45. The minimum absolute atomic E-state index is 0.0352. The van der Waals surface area contributed by atoms with Gasteiger partial charge in [0.15, 0.2) is 11.5 Å². The first-order valence-corrected chi connectivity index (χ1v) is 11.4.